The molecule has 0 aromatic carbocycles. The molecule has 0 rings (SSSR count). The maximum atomic E-state index is 12.9. The van der Waals surface area contributed by atoms with Crippen molar-refractivity contribution in [2.75, 3.05) is 13.2 Å². The maximum absolute atomic E-state index is 12.9. The first-order chi connectivity index (χ1) is 35.0. The zero-order valence-corrected chi connectivity index (χ0v) is 48.0. The van der Waals surface area contributed by atoms with Crippen molar-refractivity contribution in [2.45, 2.75) is 361 Å². The van der Waals surface area contributed by atoms with Gasteiger partial charge in [-0.25, -0.2) is 0 Å². The Balaban J connectivity index is 4.17. The topological polar surface area (TPSA) is 78.9 Å². The number of unbranched alkanes of at least 4 members (excludes halogenated alkanes) is 44. The summed E-state index contributed by atoms with van der Waals surface area (Å²) < 4.78 is 16.9. The molecule has 0 aliphatic carbocycles. The third kappa shape index (κ3) is 58.7. The number of hydrogen-bond donors (Lipinski definition) is 0. The summed E-state index contributed by atoms with van der Waals surface area (Å²) in [6.45, 7) is 6.63. The van der Waals surface area contributed by atoms with Crippen LogP contribution in [0.5, 0.6) is 0 Å². The fourth-order valence-electron chi connectivity index (χ4n) is 9.62. The van der Waals surface area contributed by atoms with Gasteiger partial charge in [0.05, 0.1) is 0 Å². The molecule has 6 nitrogen and oxygen atoms in total. The number of carbonyl (C=O) groups excluding carboxylic acids is 3. The molecule has 418 valence electrons. The molecular formula is C65H122O6. The molecule has 1 unspecified atom stereocenters. The lowest BCUT2D eigenvalue weighted by Gasteiger charge is -2.18. The minimum atomic E-state index is -0.770. The first-order valence-electron chi connectivity index (χ1n) is 31.8. The van der Waals surface area contributed by atoms with E-state index in [1.807, 2.05) is 0 Å². The highest BCUT2D eigenvalue weighted by Crippen LogP contribution is 2.18. The summed E-state index contributed by atoms with van der Waals surface area (Å²) in [5.74, 6) is -0.856. The van der Waals surface area contributed by atoms with Crippen LogP contribution in [0.15, 0.2) is 24.3 Å². The lowest BCUT2D eigenvalue weighted by atomic mass is 10.0. The van der Waals surface area contributed by atoms with Gasteiger partial charge in [-0.1, -0.05) is 295 Å². The minimum Gasteiger partial charge on any atom is -0.462 e. The summed E-state index contributed by atoms with van der Waals surface area (Å²) in [6.07, 6.45) is 72.0. The van der Waals surface area contributed by atoms with Gasteiger partial charge in [0, 0.05) is 19.3 Å². The van der Waals surface area contributed by atoms with E-state index in [1.165, 1.54) is 244 Å². The van der Waals surface area contributed by atoms with Crippen molar-refractivity contribution < 1.29 is 28.6 Å². The first kappa shape index (κ1) is 68.9. The van der Waals surface area contributed by atoms with E-state index in [9.17, 15) is 14.4 Å². The molecule has 0 aromatic heterocycles. The van der Waals surface area contributed by atoms with Gasteiger partial charge in [-0.2, -0.15) is 0 Å². The molecular weight excluding hydrogens is 877 g/mol. The molecule has 0 spiro atoms. The van der Waals surface area contributed by atoms with Crippen LogP contribution in [0, 0.1) is 0 Å². The van der Waals surface area contributed by atoms with Crippen LogP contribution in [0.2, 0.25) is 0 Å². The van der Waals surface area contributed by atoms with E-state index in [0.717, 1.165) is 70.6 Å². The second-order valence-electron chi connectivity index (χ2n) is 21.7. The number of carbonyl (C=O) groups is 3. The van der Waals surface area contributed by atoms with Crippen molar-refractivity contribution in [1.29, 1.82) is 0 Å². The van der Waals surface area contributed by atoms with Crippen LogP contribution in [0.1, 0.15) is 355 Å². The molecule has 0 aromatic rings. The highest BCUT2D eigenvalue weighted by Gasteiger charge is 2.19. The predicted octanol–water partition coefficient (Wildman–Crippen LogP) is 21.4. The lowest BCUT2D eigenvalue weighted by molar-refractivity contribution is -0.167. The zero-order chi connectivity index (χ0) is 51.4. The molecule has 0 amide bonds. The average molecular weight is 1000 g/mol. The highest BCUT2D eigenvalue weighted by atomic mass is 16.6. The predicted molar refractivity (Wildman–Crippen MR) is 307 cm³/mol. The van der Waals surface area contributed by atoms with Gasteiger partial charge in [0.25, 0.3) is 0 Å². The summed E-state index contributed by atoms with van der Waals surface area (Å²) in [4.78, 5) is 38.2. The lowest BCUT2D eigenvalue weighted by Crippen LogP contribution is -2.30. The minimum absolute atomic E-state index is 0.0690. The standard InChI is InChI=1S/C65H122O6/c1-4-7-10-13-16-19-22-24-26-28-30-31-32-33-34-35-36-38-39-41-43-46-49-52-55-58-64(67)70-61-62(60-69-63(66)57-54-51-48-45-21-18-15-12-9-6-3)71-65(68)59-56-53-50-47-44-42-40-37-29-27-25-23-20-17-14-11-8-5-2/h12,15,28,30,62H,4-11,13-14,16-27,29,31-61H2,1-3H3/b15-12-,30-28-. The molecule has 0 saturated carbocycles. The fraction of sp³-hybridized carbons (Fsp3) is 0.892. The second kappa shape index (κ2) is 60.4. The normalized spacial score (nSPS) is 12.1. The number of allylic oxidation sites excluding steroid dienone is 4. The van der Waals surface area contributed by atoms with Gasteiger partial charge in [-0.05, 0) is 64.2 Å². The van der Waals surface area contributed by atoms with E-state index in [0.29, 0.717) is 19.3 Å². The summed E-state index contributed by atoms with van der Waals surface area (Å²) in [5.41, 5.74) is 0. The molecule has 0 heterocycles. The monoisotopic (exact) mass is 999 g/mol. The molecule has 0 bridgehead atoms. The van der Waals surface area contributed by atoms with Gasteiger partial charge in [0.15, 0.2) is 6.10 Å². The molecule has 0 N–H and O–H groups in total. The third-order valence-corrected chi connectivity index (χ3v) is 14.4. The smallest absolute Gasteiger partial charge is 0.306 e. The first-order valence-corrected chi connectivity index (χ1v) is 31.8. The Hall–Kier alpha value is -2.11. The summed E-state index contributed by atoms with van der Waals surface area (Å²) in [7, 11) is 0. The van der Waals surface area contributed by atoms with Crippen molar-refractivity contribution >= 4 is 17.9 Å². The number of esters is 3. The van der Waals surface area contributed by atoms with Crippen molar-refractivity contribution in [1.82, 2.24) is 0 Å². The Kier molecular flexibility index (Phi) is 58.6. The van der Waals surface area contributed by atoms with Crippen molar-refractivity contribution in [2.24, 2.45) is 0 Å². The van der Waals surface area contributed by atoms with Crippen molar-refractivity contribution in [3.05, 3.63) is 24.3 Å². The van der Waals surface area contributed by atoms with Crippen LogP contribution in [-0.2, 0) is 28.6 Å². The Morgan fingerprint density at radius 2 is 0.493 bits per heavy atom. The van der Waals surface area contributed by atoms with E-state index in [-0.39, 0.29) is 31.1 Å². The Morgan fingerprint density at radius 1 is 0.268 bits per heavy atom. The third-order valence-electron chi connectivity index (χ3n) is 14.4. The number of ether oxygens (including phenoxy) is 3. The van der Waals surface area contributed by atoms with Gasteiger partial charge in [-0.15, -0.1) is 0 Å². The number of rotatable bonds is 59. The van der Waals surface area contributed by atoms with Crippen LogP contribution in [0.4, 0.5) is 0 Å². The van der Waals surface area contributed by atoms with Gasteiger partial charge in [0.2, 0.25) is 0 Å². The van der Waals surface area contributed by atoms with E-state index in [1.54, 1.807) is 0 Å². The number of hydrogen-bond acceptors (Lipinski definition) is 6. The second-order valence-corrected chi connectivity index (χ2v) is 21.7. The van der Waals surface area contributed by atoms with E-state index < -0.39 is 6.10 Å². The van der Waals surface area contributed by atoms with E-state index in [2.05, 4.69) is 45.1 Å². The molecule has 1 atom stereocenters. The Morgan fingerprint density at radius 3 is 0.761 bits per heavy atom. The molecule has 0 radical (unpaired) electrons. The van der Waals surface area contributed by atoms with Gasteiger partial charge in [-0.3, -0.25) is 14.4 Å². The van der Waals surface area contributed by atoms with E-state index >= 15 is 0 Å². The van der Waals surface area contributed by atoms with E-state index in [4.69, 9.17) is 14.2 Å². The fourth-order valence-corrected chi connectivity index (χ4v) is 9.62. The Labute approximate surface area is 443 Å². The van der Waals surface area contributed by atoms with Gasteiger partial charge >= 0.3 is 17.9 Å². The zero-order valence-electron chi connectivity index (χ0n) is 48.0. The largest absolute Gasteiger partial charge is 0.462 e. The molecule has 0 aliphatic rings. The molecule has 71 heavy (non-hydrogen) atoms. The van der Waals surface area contributed by atoms with Crippen LogP contribution in [0.25, 0.3) is 0 Å². The Bertz CT molecular complexity index is 1150. The SMILES string of the molecule is CCC/C=C\CCCCCCCC(=O)OCC(COC(=O)CCCCCCCCCCCCCCC/C=C\CCCCCCCCCC)OC(=O)CCCCCCCCCCCCCCCCCCCC. The van der Waals surface area contributed by atoms with Crippen molar-refractivity contribution in [3.63, 3.8) is 0 Å². The van der Waals surface area contributed by atoms with Gasteiger partial charge < -0.3 is 14.2 Å². The van der Waals surface area contributed by atoms with Gasteiger partial charge in [0.1, 0.15) is 13.2 Å². The van der Waals surface area contributed by atoms with Crippen molar-refractivity contribution in [3.8, 4) is 0 Å². The van der Waals surface area contributed by atoms with Crippen LogP contribution in [0.3, 0.4) is 0 Å². The quantitative estimate of drug-likeness (QED) is 0.0261. The summed E-state index contributed by atoms with van der Waals surface area (Å²) >= 11 is 0. The molecule has 6 heteroatoms. The summed E-state index contributed by atoms with van der Waals surface area (Å²) in [6, 6.07) is 0. The van der Waals surface area contributed by atoms with Crippen LogP contribution >= 0.6 is 0 Å². The van der Waals surface area contributed by atoms with Crippen LogP contribution in [-0.4, -0.2) is 37.2 Å². The highest BCUT2D eigenvalue weighted by molar-refractivity contribution is 5.71. The molecule has 0 saturated heterocycles. The maximum Gasteiger partial charge on any atom is 0.306 e. The molecule has 0 aliphatic heterocycles. The molecule has 0 fully saturated rings. The summed E-state index contributed by atoms with van der Waals surface area (Å²) in [5, 5.41) is 0. The van der Waals surface area contributed by atoms with Crippen LogP contribution < -0.4 is 0 Å². The average Bonchev–Trinajstić information content (AvgIpc) is 3.37.